The molecule has 124 valence electrons. The zero-order valence-corrected chi connectivity index (χ0v) is 14.3. The minimum atomic E-state index is -1.11. The number of nitrogens with one attached hydrogen (secondary N) is 1. The Morgan fingerprint density at radius 3 is 2.27 bits per heavy atom. The summed E-state index contributed by atoms with van der Waals surface area (Å²) in [6, 6.07) is 6.15. The van der Waals surface area contributed by atoms with Gasteiger partial charge in [0.2, 0.25) is 5.91 Å². The number of carbonyl (C=O) groups excluding carboxylic acids is 1. The third kappa shape index (κ3) is 6.61. The van der Waals surface area contributed by atoms with Gasteiger partial charge in [0, 0.05) is 6.92 Å². The number of benzene rings is 1. The minimum Gasteiger partial charge on any atom is -0.496 e. The molecule has 1 amide bonds. The average Bonchev–Trinajstić information content (AvgIpc) is 2.38. The molecule has 0 bridgehead atoms. The van der Waals surface area contributed by atoms with Crippen molar-refractivity contribution in [2.45, 2.75) is 53.0 Å². The fourth-order valence-corrected chi connectivity index (χ4v) is 2.14. The predicted molar refractivity (Wildman–Crippen MR) is 87.2 cm³/mol. The molecular formula is C17H27NO4. The molecule has 5 nitrogen and oxygen atoms in total. The van der Waals surface area contributed by atoms with Crippen molar-refractivity contribution in [3.63, 3.8) is 0 Å². The van der Waals surface area contributed by atoms with Crippen LogP contribution in [-0.4, -0.2) is 29.6 Å². The lowest BCUT2D eigenvalue weighted by molar-refractivity contribution is -0.146. The highest BCUT2D eigenvalue weighted by atomic mass is 16.5. The molecule has 0 fully saturated rings. The summed E-state index contributed by atoms with van der Waals surface area (Å²) in [6.45, 7) is 8.83. The maximum atomic E-state index is 10.7. The summed E-state index contributed by atoms with van der Waals surface area (Å²) in [7, 11) is 1.69. The van der Waals surface area contributed by atoms with Crippen LogP contribution in [0.5, 0.6) is 5.75 Å². The molecule has 0 radical (unpaired) electrons. The van der Waals surface area contributed by atoms with E-state index in [2.05, 4.69) is 18.3 Å². The van der Waals surface area contributed by atoms with Crippen LogP contribution in [-0.2, 0) is 9.59 Å². The molecule has 1 aromatic rings. The highest BCUT2D eigenvalue weighted by Crippen LogP contribution is 2.17. The van der Waals surface area contributed by atoms with Gasteiger partial charge in [-0.3, -0.25) is 4.79 Å². The smallest absolute Gasteiger partial charge is 0.329 e. The first kappa shape index (κ1) is 20.0. The standard InChI is InChI=1S/C9H12O.C8H15NO3/c1-7-4-5-9(10-3)8(2)6-7;1-4-5-8(3,7(11)12)9-6(2)10/h4-6H,1-3H3;4-5H2,1-3H3,(H,9,10)(H,11,12). The van der Waals surface area contributed by atoms with E-state index in [4.69, 9.17) is 9.84 Å². The molecule has 0 aliphatic carbocycles. The number of methoxy groups -OCH3 is 1. The lowest BCUT2D eigenvalue weighted by atomic mass is 9.96. The molecule has 1 unspecified atom stereocenters. The molecule has 22 heavy (non-hydrogen) atoms. The van der Waals surface area contributed by atoms with Gasteiger partial charge in [-0.15, -0.1) is 0 Å². The summed E-state index contributed by atoms with van der Waals surface area (Å²) < 4.78 is 5.10. The maximum Gasteiger partial charge on any atom is 0.329 e. The Hall–Kier alpha value is -2.04. The Kier molecular flexibility index (Phi) is 8.23. The highest BCUT2D eigenvalue weighted by molar-refractivity contribution is 5.85. The predicted octanol–water partition coefficient (Wildman–Crippen LogP) is 3.08. The molecule has 0 aromatic heterocycles. The van der Waals surface area contributed by atoms with E-state index in [1.807, 2.05) is 26.0 Å². The Morgan fingerprint density at radius 1 is 1.32 bits per heavy atom. The van der Waals surface area contributed by atoms with Gasteiger partial charge in [-0.25, -0.2) is 4.79 Å². The van der Waals surface area contributed by atoms with Crippen molar-refractivity contribution in [2.24, 2.45) is 0 Å². The Labute approximate surface area is 132 Å². The van der Waals surface area contributed by atoms with Crippen LogP contribution in [0.4, 0.5) is 0 Å². The number of hydrogen-bond acceptors (Lipinski definition) is 3. The molecule has 0 aliphatic rings. The molecule has 0 saturated heterocycles. The molecule has 5 heteroatoms. The molecular weight excluding hydrogens is 282 g/mol. The molecule has 0 heterocycles. The zero-order valence-electron chi connectivity index (χ0n) is 14.3. The largest absolute Gasteiger partial charge is 0.496 e. The first-order valence-electron chi connectivity index (χ1n) is 7.29. The molecule has 0 spiro atoms. The van der Waals surface area contributed by atoms with Gasteiger partial charge in [0.15, 0.2) is 0 Å². The van der Waals surface area contributed by atoms with E-state index in [9.17, 15) is 9.59 Å². The second-order valence-electron chi connectivity index (χ2n) is 5.54. The van der Waals surface area contributed by atoms with Crippen LogP contribution in [0.2, 0.25) is 0 Å². The second kappa shape index (κ2) is 9.07. The van der Waals surface area contributed by atoms with Crippen LogP contribution in [0.1, 0.15) is 44.7 Å². The van der Waals surface area contributed by atoms with E-state index in [0.717, 1.165) is 12.2 Å². The molecule has 1 aromatic carbocycles. The van der Waals surface area contributed by atoms with Crippen LogP contribution in [0, 0.1) is 13.8 Å². The van der Waals surface area contributed by atoms with Gasteiger partial charge in [0.25, 0.3) is 0 Å². The molecule has 0 aliphatic heterocycles. The molecule has 0 saturated carbocycles. The lowest BCUT2D eigenvalue weighted by Crippen LogP contribution is -2.51. The number of aryl methyl sites for hydroxylation is 2. The molecule has 1 rings (SSSR count). The SMILES string of the molecule is CCCC(C)(NC(C)=O)C(=O)O.COc1ccc(C)cc1C. The maximum absolute atomic E-state index is 10.7. The van der Waals surface area contributed by atoms with Crippen molar-refractivity contribution >= 4 is 11.9 Å². The van der Waals surface area contributed by atoms with E-state index in [-0.39, 0.29) is 5.91 Å². The monoisotopic (exact) mass is 309 g/mol. The number of hydrogen-bond donors (Lipinski definition) is 2. The van der Waals surface area contributed by atoms with Gasteiger partial charge in [-0.1, -0.05) is 31.0 Å². The lowest BCUT2D eigenvalue weighted by Gasteiger charge is -2.24. The van der Waals surface area contributed by atoms with Crippen LogP contribution >= 0.6 is 0 Å². The average molecular weight is 309 g/mol. The number of ether oxygens (including phenoxy) is 1. The fraction of sp³-hybridized carbons (Fsp3) is 0.529. The van der Waals surface area contributed by atoms with Gasteiger partial charge in [-0.2, -0.15) is 0 Å². The summed E-state index contributed by atoms with van der Waals surface area (Å²) in [5.74, 6) is -0.335. The second-order valence-corrected chi connectivity index (χ2v) is 5.54. The summed E-state index contributed by atoms with van der Waals surface area (Å²) >= 11 is 0. The highest BCUT2D eigenvalue weighted by Gasteiger charge is 2.32. The Bertz CT molecular complexity index is 513. The number of carboxylic acid groups (broad SMARTS) is 1. The van der Waals surface area contributed by atoms with Crippen molar-refractivity contribution in [1.29, 1.82) is 0 Å². The third-order valence-corrected chi connectivity index (χ3v) is 3.22. The summed E-state index contributed by atoms with van der Waals surface area (Å²) in [5.41, 5.74) is 1.36. The van der Waals surface area contributed by atoms with Crippen molar-refractivity contribution in [3.8, 4) is 5.75 Å². The number of carbonyl (C=O) groups is 2. The molecule has 1 atom stereocenters. The first-order chi connectivity index (χ1) is 10.2. The Morgan fingerprint density at radius 2 is 1.91 bits per heavy atom. The fourth-order valence-electron chi connectivity index (χ4n) is 2.14. The third-order valence-electron chi connectivity index (χ3n) is 3.22. The minimum absolute atomic E-state index is 0.312. The van der Waals surface area contributed by atoms with Gasteiger partial charge < -0.3 is 15.2 Å². The van der Waals surface area contributed by atoms with E-state index < -0.39 is 11.5 Å². The summed E-state index contributed by atoms with van der Waals surface area (Å²) in [4.78, 5) is 21.4. The number of amides is 1. The van der Waals surface area contributed by atoms with Crippen LogP contribution in [0.15, 0.2) is 18.2 Å². The number of carboxylic acids is 1. The quantitative estimate of drug-likeness (QED) is 0.876. The van der Waals surface area contributed by atoms with E-state index in [0.29, 0.717) is 6.42 Å². The van der Waals surface area contributed by atoms with E-state index in [1.54, 1.807) is 7.11 Å². The normalized spacial score (nSPS) is 12.5. The van der Waals surface area contributed by atoms with Crippen molar-refractivity contribution in [1.82, 2.24) is 5.32 Å². The van der Waals surface area contributed by atoms with E-state index >= 15 is 0 Å². The van der Waals surface area contributed by atoms with Gasteiger partial charge >= 0.3 is 5.97 Å². The van der Waals surface area contributed by atoms with Crippen LogP contribution < -0.4 is 10.1 Å². The van der Waals surface area contributed by atoms with Crippen molar-refractivity contribution in [2.75, 3.05) is 7.11 Å². The van der Waals surface area contributed by atoms with Crippen molar-refractivity contribution in [3.05, 3.63) is 29.3 Å². The number of aliphatic carboxylic acids is 1. The Balaban J connectivity index is 0.000000406. The van der Waals surface area contributed by atoms with Gasteiger partial charge in [0.05, 0.1) is 7.11 Å². The zero-order chi connectivity index (χ0) is 17.3. The van der Waals surface area contributed by atoms with Crippen LogP contribution in [0.3, 0.4) is 0 Å². The van der Waals surface area contributed by atoms with Crippen molar-refractivity contribution < 1.29 is 19.4 Å². The van der Waals surface area contributed by atoms with E-state index in [1.165, 1.54) is 25.0 Å². The summed E-state index contributed by atoms with van der Waals surface area (Å²) in [5, 5.41) is 11.2. The number of rotatable bonds is 5. The first-order valence-corrected chi connectivity index (χ1v) is 7.29. The summed E-state index contributed by atoms with van der Waals surface area (Å²) in [6.07, 6.45) is 1.17. The topological polar surface area (TPSA) is 75.6 Å². The molecule has 2 N–H and O–H groups in total. The van der Waals surface area contributed by atoms with Gasteiger partial charge in [0.1, 0.15) is 11.3 Å². The van der Waals surface area contributed by atoms with Crippen LogP contribution in [0.25, 0.3) is 0 Å². The van der Waals surface area contributed by atoms with Gasteiger partial charge in [-0.05, 0) is 38.8 Å².